The Labute approximate surface area is 169 Å². The zero-order chi connectivity index (χ0) is 19.9. The van der Waals surface area contributed by atoms with Crippen molar-refractivity contribution >= 4 is 29.0 Å². The standard InChI is InChI=1S/C20H26N4O3S/c1-14(2)18(23-19(25)16-4-3-11-28-16)20(26)22-13-15-5-6-17(21-12-15)24-7-9-27-10-8-24/h3-6,11-12,14,18H,7-10,13H2,1-2H3,(H,22,26)(H,23,25)/t18-/m1/s1. The topological polar surface area (TPSA) is 83.6 Å². The van der Waals surface area contributed by atoms with Crippen molar-refractivity contribution in [3.8, 4) is 0 Å². The van der Waals surface area contributed by atoms with Crippen molar-refractivity contribution in [2.45, 2.75) is 26.4 Å². The number of pyridine rings is 1. The lowest BCUT2D eigenvalue weighted by atomic mass is 10.0. The molecule has 0 unspecified atom stereocenters. The molecule has 1 aliphatic rings. The summed E-state index contributed by atoms with van der Waals surface area (Å²) in [5, 5.41) is 7.58. The minimum atomic E-state index is -0.588. The van der Waals surface area contributed by atoms with Crippen molar-refractivity contribution in [1.82, 2.24) is 15.6 Å². The number of amides is 2. The molecule has 3 heterocycles. The van der Waals surface area contributed by atoms with Crippen molar-refractivity contribution in [1.29, 1.82) is 0 Å². The van der Waals surface area contributed by atoms with Gasteiger partial charge >= 0.3 is 0 Å². The van der Waals surface area contributed by atoms with Crippen LogP contribution in [-0.4, -0.2) is 49.1 Å². The van der Waals surface area contributed by atoms with Gasteiger partial charge in [-0.05, 0) is 29.0 Å². The van der Waals surface area contributed by atoms with Gasteiger partial charge in [-0.15, -0.1) is 11.3 Å². The molecule has 7 nitrogen and oxygen atoms in total. The number of rotatable bonds is 7. The largest absolute Gasteiger partial charge is 0.378 e. The molecule has 0 bridgehead atoms. The number of carbonyl (C=O) groups excluding carboxylic acids is 2. The summed E-state index contributed by atoms with van der Waals surface area (Å²) in [6.45, 7) is 7.30. The monoisotopic (exact) mass is 402 g/mol. The molecule has 0 radical (unpaired) electrons. The molecule has 2 N–H and O–H groups in total. The van der Waals surface area contributed by atoms with Crippen molar-refractivity contribution in [2.24, 2.45) is 5.92 Å². The molecule has 1 aliphatic heterocycles. The second-order valence-electron chi connectivity index (χ2n) is 7.01. The number of ether oxygens (including phenoxy) is 1. The molecule has 0 saturated carbocycles. The number of nitrogens with one attached hydrogen (secondary N) is 2. The number of carbonyl (C=O) groups is 2. The maximum atomic E-state index is 12.6. The fraction of sp³-hybridized carbons (Fsp3) is 0.450. The summed E-state index contributed by atoms with van der Waals surface area (Å²) in [5.74, 6) is 0.477. The van der Waals surface area contributed by atoms with Crippen LogP contribution in [0, 0.1) is 5.92 Å². The lowest BCUT2D eigenvalue weighted by molar-refractivity contribution is -0.124. The Balaban J connectivity index is 1.54. The van der Waals surface area contributed by atoms with E-state index < -0.39 is 6.04 Å². The lowest BCUT2D eigenvalue weighted by Crippen LogP contribution is -2.49. The second kappa shape index (κ2) is 9.66. The Morgan fingerprint density at radius 3 is 2.64 bits per heavy atom. The molecule has 1 fully saturated rings. The van der Waals surface area contributed by atoms with E-state index in [0.717, 1.165) is 24.5 Å². The Morgan fingerprint density at radius 1 is 1.25 bits per heavy atom. The first-order chi connectivity index (χ1) is 13.5. The summed E-state index contributed by atoms with van der Waals surface area (Å²) >= 11 is 1.36. The van der Waals surface area contributed by atoms with Crippen LogP contribution in [0.2, 0.25) is 0 Å². The van der Waals surface area contributed by atoms with Gasteiger partial charge in [0.25, 0.3) is 5.91 Å². The maximum Gasteiger partial charge on any atom is 0.262 e. The Morgan fingerprint density at radius 2 is 2.04 bits per heavy atom. The number of aromatic nitrogens is 1. The number of nitrogens with zero attached hydrogens (tertiary/aromatic N) is 2. The first-order valence-corrected chi connectivity index (χ1v) is 10.3. The molecular weight excluding hydrogens is 376 g/mol. The lowest BCUT2D eigenvalue weighted by Gasteiger charge is -2.27. The molecule has 0 aromatic carbocycles. The van der Waals surface area contributed by atoms with Crippen LogP contribution in [0.15, 0.2) is 35.8 Å². The Bertz CT molecular complexity index is 771. The first-order valence-electron chi connectivity index (χ1n) is 9.44. The van der Waals surface area contributed by atoms with Crippen LogP contribution < -0.4 is 15.5 Å². The number of anilines is 1. The number of hydrogen-bond donors (Lipinski definition) is 2. The first kappa shape index (κ1) is 20.3. The third kappa shape index (κ3) is 5.30. The van der Waals surface area contributed by atoms with Crippen molar-refractivity contribution < 1.29 is 14.3 Å². The SMILES string of the molecule is CC(C)[C@@H](NC(=O)c1cccs1)C(=O)NCc1ccc(N2CCOCC2)nc1. The van der Waals surface area contributed by atoms with Crippen LogP contribution >= 0.6 is 11.3 Å². The van der Waals surface area contributed by atoms with Gasteiger partial charge in [0.1, 0.15) is 11.9 Å². The maximum absolute atomic E-state index is 12.6. The van der Waals surface area contributed by atoms with E-state index in [4.69, 9.17) is 4.74 Å². The number of morpholine rings is 1. The molecule has 0 aliphatic carbocycles. The summed E-state index contributed by atoms with van der Waals surface area (Å²) < 4.78 is 5.36. The minimum Gasteiger partial charge on any atom is -0.378 e. The molecular formula is C20H26N4O3S. The van der Waals surface area contributed by atoms with Gasteiger partial charge in [-0.3, -0.25) is 9.59 Å². The molecule has 3 rings (SSSR count). The highest BCUT2D eigenvalue weighted by molar-refractivity contribution is 7.12. The molecule has 1 saturated heterocycles. The summed E-state index contributed by atoms with van der Waals surface area (Å²) in [4.78, 5) is 32.2. The van der Waals surface area contributed by atoms with Gasteiger partial charge in [-0.25, -0.2) is 4.98 Å². The van der Waals surface area contributed by atoms with E-state index in [2.05, 4.69) is 20.5 Å². The molecule has 2 amide bonds. The zero-order valence-electron chi connectivity index (χ0n) is 16.2. The van der Waals surface area contributed by atoms with E-state index in [1.807, 2.05) is 37.4 Å². The average Bonchev–Trinajstić information content (AvgIpc) is 3.26. The van der Waals surface area contributed by atoms with E-state index >= 15 is 0 Å². The molecule has 8 heteroatoms. The zero-order valence-corrected chi connectivity index (χ0v) is 17.0. The Hall–Kier alpha value is -2.45. The van der Waals surface area contributed by atoms with E-state index in [0.29, 0.717) is 24.6 Å². The van der Waals surface area contributed by atoms with Crippen molar-refractivity contribution in [3.05, 3.63) is 46.3 Å². The third-order valence-electron chi connectivity index (χ3n) is 4.59. The van der Waals surface area contributed by atoms with E-state index in [1.165, 1.54) is 11.3 Å². The Kier molecular flexibility index (Phi) is 7.00. The minimum absolute atomic E-state index is 0.0225. The highest BCUT2D eigenvalue weighted by atomic mass is 32.1. The molecule has 2 aromatic heterocycles. The van der Waals surface area contributed by atoms with Crippen LogP contribution in [-0.2, 0) is 16.1 Å². The van der Waals surface area contributed by atoms with Crippen LogP contribution in [0.5, 0.6) is 0 Å². The fourth-order valence-corrected chi connectivity index (χ4v) is 3.58. The molecule has 0 spiro atoms. The molecule has 28 heavy (non-hydrogen) atoms. The van der Waals surface area contributed by atoms with Gasteiger partial charge < -0.3 is 20.3 Å². The van der Waals surface area contributed by atoms with Gasteiger partial charge in [0.05, 0.1) is 18.1 Å². The normalized spacial score (nSPS) is 15.3. The van der Waals surface area contributed by atoms with E-state index in [1.54, 1.807) is 12.3 Å². The van der Waals surface area contributed by atoms with E-state index in [9.17, 15) is 9.59 Å². The predicted octanol–water partition coefficient (Wildman–Crippen LogP) is 2.05. The summed E-state index contributed by atoms with van der Waals surface area (Å²) in [7, 11) is 0. The fourth-order valence-electron chi connectivity index (χ4n) is 2.95. The van der Waals surface area contributed by atoms with Crippen LogP contribution in [0.25, 0.3) is 0 Å². The quantitative estimate of drug-likeness (QED) is 0.741. The van der Waals surface area contributed by atoms with Gasteiger partial charge in [0.2, 0.25) is 5.91 Å². The van der Waals surface area contributed by atoms with Gasteiger partial charge in [0.15, 0.2) is 0 Å². The summed E-state index contributed by atoms with van der Waals surface area (Å²) in [6, 6.07) is 6.90. The number of thiophene rings is 1. The predicted molar refractivity (Wildman–Crippen MR) is 110 cm³/mol. The van der Waals surface area contributed by atoms with Crippen LogP contribution in [0.1, 0.15) is 29.1 Å². The van der Waals surface area contributed by atoms with Crippen molar-refractivity contribution in [3.63, 3.8) is 0 Å². The number of hydrogen-bond acceptors (Lipinski definition) is 6. The highest BCUT2D eigenvalue weighted by Crippen LogP contribution is 2.14. The van der Waals surface area contributed by atoms with Crippen molar-refractivity contribution in [2.75, 3.05) is 31.2 Å². The molecule has 2 aromatic rings. The van der Waals surface area contributed by atoms with Crippen LogP contribution in [0.3, 0.4) is 0 Å². The molecule has 1 atom stereocenters. The average molecular weight is 403 g/mol. The van der Waals surface area contributed by atoms with E-state index in [-0.39, 0.29) is 17.7 Å². The summed E-state index contributed by atoms with van der Waals surface area (Å²) in [5.41, 5.74) is 0.914. The smallest absolute Gasteiger partial charge is 0.262 e. The van der Waals surface area contributed by atoms with Crippen LogP contribution in [0.4, 0.5) is 5.82 Å². The molecule has 150 valence electrons. The van der Waals surface area contributed by atoms with Gasteiger partial charge in [0, 0.05) is 25.8 Å². The highest BCUT2D eigenvalue weighted by Gasteiger charge is 2.24. The van der Waals surface area contributed by atoms with Gasteiger partial charge in [-0.2, -0.15) is 0 Å². The second-order valence-corrected chi connectivity index (χ2v) is 7.96. The summed E-state index contributed by atoms with van der Waals surface area (Å²) in [6.07, 6.45) is 1.78. The van der Waals surface area contributed by atoms with Gasteiger partial charge in [-0.1, -0.05) is 26.0 Å². The third-order valence-corrected chi connectivity index (χ3v) is 5.46.